The zero-order chi connectivity index (χ0) is 22.4. The molecule has 0 bridgehead atoms. The van der Waals surface area contributed by atoms with E-state index >= 15 is 0 Å². The van der Waals surface area contributed by atoms with Crippen molar-refractivity contribution in [2.24, 2.45) is 5.10 Å². The van der Waals surface area contributed by atoms with Gasteiger partial charge in [0.2, 0.25) is 0 Å². The van der Waals surface area contributed by atoms with Crippen molar-refractivity contribution < 1.29 is 14.3 Å². The molecule has 2 aromatic carbocycles. The van der Waals surface area contributed by atoms with E-state index in [0.717, 1.165) is 28.4 Å². The van der Waals surface area contributed by atoms with Crippen LogP contribution in [0.5, 0.6) is 11.5 Å². The molecule has 0 atom stereocenters. The zero-order valence-corrected chi connectivity index (χ0v) is 19.0. The van der Waals surface area contributed by atoms with Gasteiger partial charge in [0.1, 0.15) is 11.5 Å². The molecule has 0 saturated heterocycles. The molecule has 1 N–H and O–H groups in total. The van der Waals surface area contributed by atoms with Crippen LogP contribution in [0.2, 0.25) is 10.0 Å². The van der Waals surface area contributed by atoms with Crippen LogP contribution in [-0.4, -0.2) is 29.9 Å². The number of hydrogen-bond acceptors (Lipinski definition) is 4. The summed E-state index contributed by atoms with van der Waals surface area (Å²) in [5, 5.41) is 4.88. The van der Waals surface area contributed by atoms with Crippen molar-refractivity contribution in [1.29, 1.82) is 0 Å². The highest BCUT2D eigenvalue weighted by molar-refractivity contribution is 6.35. The van der Waals surface area contributed by atoms with Gasteiger partial charge in [-0.2, -0.15) is 5.10 Å². The van der Waals surface area contributed by atoms with E-state index in [0.29, 0.717) is 22.4 Å². The van der Waals surface area contributed by atoms with Gasteiger partial charge in [-0.25, -0.2) is 5.43 Å². The number of carbonyl (C=O) groups excluding carboxylic acids is 1. The van der Waals surface area contributed by atoms with Gasteiger partial charge < -0.3 is 14.0 Å². The number of aryl methyl sites for hydroxylation is 1. The van der Waals surface area contributed by atoms with Gasteiger partial charge in [-0.1, -0.05) is 23.2 Å². The minimum atomic E-state index is -0.400. The third-order valence-corrected chi connectivity index (χ3v) is 5.05. The maximum Gasteiger partial charge on any atom is 0.277 e. The van der Waals surface area contributed by atoms with Crippen LogP contribution in [0.15, 0.2) is 53.6 Å². The van der Waals surface area contributed by atoms with E-state index in [9.17, 15) is 4.79 Å². The van der Waals surface area contributed by atoms with Crippen LogP contribution < -0.4 is 14.9 Å². The maximum atomic E-state index is 12.0. The van der Waals surface area contributed by atoms with Crippen molar-refractivity contribution >= 4 is 35.3 Å². The second-order valence-corrected chi connectivity index (χ2v) is 7.59. The smallest absolute Gasteiger partial charge is 0.277 e. The van der Waals surface area contributed by atoms with Gasteiger partial charge in [0.05, 0.1) is 17.8 Å². The normalized spacial score (nSPS) is 11.0. The van der Waals surface area contributed by atoms with Crippen LogP contribution in [0.4, 0.5) is 0 Å². The highest BCUT2D eigenvalue weighted by Gasteiger charge is 2.10. The van der Waals surface area contributed by atoms with Gasteiger partial charge in [-0.05, 0) is 69.3 Å². The topological polar surface area (TPSA) is 64.8 Å². The number of halogens is 2. The number of rotatable bonds is 8. The fourth-order valence-electron chi connectivity index (χ4n) is 3.12. The second kappa shape index (κ2) is 10.4. The second-order valence-electron chi connectivity index (χ2n) is 6.75. The predicted octanol–water partition coefficient (Wildman–Crippen LogP) is 5.33. The predicted molar refractivity (Wildman–Crippen MR) is 124 cm³/mol. The lowest BCUT2D eigenvalue weighted by molar-refractivity contribution is -0.123. The molecular weight excluding hydrogens is 437 g/mol. The van der Waals surface area contributed by atoms with E-state index in [2.05, 4.69) is 15.1 Å². The molecule has 0 radical (unpaired) electrons. The Morgan fingerprint density at radius 3 is 2.52 bits per heavy atom. The molecule has 0 aliphatic heterocycles. The summed E-state index contributed by atoms with van der Waals surface area (Å²) in [5.74, 6) is 0.812. The number of benzene rings is 2. The molecule has 1 amide bonds. The Bertz CT molecular complexity index is 1090. The van der Waals surface area contributed by atoms with Crippen molar-refractivity contribution in [2.45, 2.75) is 20.8 Å². The number of hydrazone groups is 1. The van der Waals surface area contributed by atoms with Crippen LogP contribution >= 0.6 is 23.2 Å². The number of nitrogens with one attached hydrogen (secondary N) is 1. The Morgan fingerprint density at radius 1 is 1.10 bits per heavy atom. The Balaban J connectivity index is 1.62. The third kappa shape index (κ3) is 5.81. The van der Waals surface area contributed by atoms with Gasteiger partial charge in [0, 0.05) is 27.7 Å². The molecule has 6 nitrogen and oxygen atoms in total. The number of nitrogens with zero attached hydrogens (tertiary/aromatic N) is 2. The summed E-state index contributed by atoms with van der Waals surface area (Å²) in [6, 6.07) is 14.7. The Labute approximate surface area is 191 Å². The van der Waals surface area contributed by atoms with E-state index in [4.69, 9.17) is 32.7 Å². The summed E-state index contributed by atoms with van der Waals surface area (Å²) in [6.45, 7) is 6.38. The number of aromatic nitrogens is 1. The quantitative estimate of drug-likeness (QED) is 0.365. The SMILES string of the molecule is CCOc1ccc(-n2c(C)cc(/C=N\NC(=O)COc3ccc(Cl)cc3Cl)c2C)cc1. The number of carbonyl (C=O) groups is 1. The molecule has 3 aromatic rings. The summed E-state index contributed by atoms with van der Waals surface area (Å²) >= 11 is 11.9. The Kier molecular flexibility index (Phi) is 7.60. The number of ether oxygens (including phenoxy) is 2. The molecule has 3 rings (SSSR count). The number of amides is 1. The fraction of sp³-hybridized carbons (Fsp3) is 0.217. The average Bonchev–Trinajstić information content (AvgIpc) is 3.01. The van der Waals surface area contributed by atoms with Gasteiger partial charge >= 0.3 is 0 Å². The summed E-state index contributed by atoms with van der Waals surface area (Å²) < 4.78 is 13.0. The molecule has 31 heavy (non-hydrogen) atoms. The van der Waals surface area contributed by atoms with Crippen molar-refractivity contribution in [2.75, 3.05) is 13.2 Å². The maximum absolute atomic E-state index is 12.0. The molecular formula is C23H23Cl2N3O3. The Hall–Kier alpha value is -2.96. The lowest BCUT2D eigenvalue weighted by atomic mass is 10.2. The number of hydrogen-bond donors (Lipinski definition) is 1. The van der Waals surface area contributed by atoms with Crippen molar-refractivity contribution in [3.05, 3.63) is 75.5 Å². The molecule has 0 spiro atoms. The van der Waals surface area contributed by atoms with Gasteiger partial charge in [-0.15, -0.1) is 0 Å². The highest BCUT2D eigenvalue weighted by Crippen LogP contribution is 2.27. The monoisotopic (exact) mass is 459 g/mol. The van der Waals surface area contributed by atoms with E-state index in [1.165, 1.54) is 0 Å². The lowest BCUT2D eigenvalue weighted by Crippen LogP contribution is -2.24. The van der Waals surface area contributed by atoms with Crippen molar-refractivity contribution in [3.8, 4) is 17.2 Å². The van der Waals surface area contributed by atoms with Crippen LogP contribution in [-0.2, 0) is 4.79 Å². The Morgan fingerprint density at radius 2 is 1.84 bits per heavy atom. The minimum absolute atomic E-state index is 0.218. The molecule has 0 fully saturated rings. The van der Waals surface area contributed by atoms with Crippen molar-refractivity contribution in [3.63, 3.8) is 0 Å². The molecule has 8 heteroatoms. The lowest BCUT2D eigenvalue weighted by Gasteiger charge is -2.11. The van der Waals surface area contributed by atoms with Gasteiger partial charge in [0.25, 0.3) is 5.91 Å². The summed E-state index contributed by atoms with van der Waals surface area (Å²) in [7, 11) is 0. The van der Waals surface area contributed by atoms with E-state index in [1.807, 2.05) is 51.1 Å². The first-order chi connectivity index (χ1) is 14.9. The summed E-state index contributed by atoms with van der Waals surface area (Å²) in [4.78, 5) is 12.0. The first-order valence-electron chi connectivity index (χ1n) is 9.71. The molecule has 0 unspecified atom stereocenters. The van der Waals surface area contributed by atoms with Crippen LogP contribution in [0.25, 0.3) is 5.69 Å². The largest absolute Gasteiger partial charge is 0.494 e. The molecule has 1 heterocycles. The van der Waals surface area contributed by atoms with E-state index in [1.54, 1.807) is 24.4 Å². The summed E-state index contributed by atoms with van der Waals surface area (Å²) in [6.07, 6.45) is 1.61. The first-order valence-corrected chi connectivity index (χ1v) is 10.5. The van der Waals surface area contributed by atoms with Crippen LogP contribution in [0.1, 0.15) is 23.9 Å². The van der Waals surface area contributed by atoms with Crippen molar-refractivity contribution in [1.82, 2.24) is 9.99 Å². The average molecular weight is 460 g/mol. The summed E-state index contributed by atoms with van der Waals surface area (Å²) in [5.41, 5.74) is 6.43. The molecule has 0 aliphatic carbocycles. The standard InChI is InChI=1S/C23H23Cl2N3O3/c1-4-30-20-8-6-19(7-9-20)28-15(2)11-17(16(28)3)13-26-27-23(29)14-31-22-10-5-18(24)12-21(22)25/h5-13H,4,14H2,1-3H3,(H,27,29)/b26-13-. The third-order valence-electron chi connectivity index (χ3n) is 4.52. The molecule has 1 aromatic heterocycles. The molecule has 0 aliphatic rings. The molecule has 0 saturated carbocycles. The first kappa shape index (κ1) is 22.7. The highest BCUT2D eigenvalue weighted by atomic mass is 35.5. The fourth-order valence-corrected chi connectivity index (χ4v) is 3.58. The van der Waals surface area contributed by atoms with Crippen LogP contribution in [0, 0.1) is 13.8 Å². The van der Waals surface area contributed by atoms with E-state index < -0.39 is 5.91 Å². The van der Waals surface area contributed by atoms with Gasteiger partial charge in [-0.3, -0.25) is 4.79 Å². The minimum Gasteiger partial charge on any atom is -0.494 e. The molecule has 162 valence electrons. The van der Waals surface area contributed by atoms with Crippen LogP contribution in [0.3, 0.4) is 0 Å². The zero-order valence-electron chi connectivity index (χ0n) is 17.5. The van der Waals surface area contributed by atoms with E-state index in [-0.39, 0.29) is 6.61 Å². The van der Waals surface area contributed by atoms with Gasteiger partial charge in [0.15, 0.2) is 6.61 Å².